The monoisotopic (exact) mass is 464 g/mol. The van der Waals surface area contributed by atoms with Gasteiger partial charge >= 0.3 is 5.97 Å². The molecule has 0 amide bonds. The summed E-state index contributed by atoms with van der Waals surface area (Å²) in [6.45, 7) is 10.3. The standard InChI is InChI=1S/C26H37ClO5/c1-5-30-21(28)20(27)18-8-9-24(4)19-7-6-17-16-25(31-14-15-32-25)12-10-22(17,2)26(19,29)13-11-23(18,24)3/h6,19,29H,5,7-16H2,1-4H3/t19-,22-,23+,24?,26+/m0/s1. The van der Waals surface area contributed by atoms with Crippen molar-refractivity contribution >= 4 is 17.6 Å². The molecule has 32 heavy (non-hydrogen) atoms. The number of rotatable bonds is 2. The van der Waals surface area contributed by atoms with E-state index >= 15 is 0 Å². The predicted molar refractivity (Wildman–Crippen MR) is 122 cm³/mol. The lowest BCUT2D eigenvalue weighted by Gasteiger charge is -2.66. The third kappa shape index (κ3) is 2.77. The van der Waals surface area contributed by atoms with Crippen molar-refractivity contribution in [3.8, 4) is 0 Å². The van der Waals surface area contributed by atoms with Crippen molar-refractivity contribution in [2.45, 2.75) is 90.4 Å². The van der Waals surface area contributed by atoms with Crippen molar-refractivity contribution in [2.75, 3.05) is 19.8 Å². The Kier molecular flexibility index (Phi) is 5.23. The van der Waals surface area contributed by atoms with Crippen molar-refractivity contribution in [1.29, 1.82) is 0 Å². The summed E-state index contributed by atoms with van der Waals surface area (Å²) >= 11 is 6.61. The van der Waals surface area contributed by atoms with Gasteiger partial charge in [-0.1, -0.05) is 44.0 Å². The van der Waals surface area contributed by atoms with E-state index in [9.17, 15) is 9.90 Å². The maximum absolute atomic E-state index is 12.5. The molecule has 0 radical (unpaired) electrons. The molecule has 0 aromatic rings. The van der Waals surface area contributed by atoms with Crippen molar-refractivity contribution in [2.24, 2.45) is 22.2 Å². The van der Waals surface area contributed by atoms with Crippen LogP contribution < -0.4 is 0 Å². The van der Waals surface area contributed by atoms with Crippen LogP contribution in [0.4, 0.5) is 0 Å². The molecule has 1 N–H and O–H groups in total. The van der Waals surface area contributed by atoms with Crippen LogP contribution in [0.15, 0.2) is 22.3 Å². The zero-order chi connectivity index (χ0) is 23.0. The zero-order valence-corrected chi connectivity index (χ0v) is 20.6. The Balaban J connectivity index is 1.52. The van der Waals surface area contributed by atoms with Crippen LogP contribution in [0.1, 0.15) is 79.1 Å². The molecule has 6 heteroatoms. The van der Waals surface area contributed by atoms with Crippen LogP contribution in [0.3, 0.4) is 0 Å². The quantitative estimate of drug-likeness (QED) is 0.343. The Morgan fingerprint density at radius 1 is 1.12 bits per heavy atom. The van der Waals surface area contributed by atoms with Gasteiger partial charge in [0.25, 0.3) is 0 Å². The third-order valence-corrected chi connectivity index (χ3v) is 10.8. The number of allylic oxidation sites excluding steroid dienone is 2. The maximum Gasteiger partial charge on any atom is 0.349 e. The number of halogens is 1. The number of hydrogen-bond donors (Lipinski definition) is 1. The highest BCUT2D eigenvalue weighted by molar-refractivity contribution is 6.41. The minimum atomic E-state index is -0.780. The van der Waals surface area contributed by atoms with Crippen LogP contribution in [-0.4, -0.2) is 42.3 Å². The molecular weight excluding hydrogens is 428 g/mol. The average Bonchev–Trinajstić information content (AvgIpc) is 3.32. The van der Waals surface area contributed by atoms with E-state index in [0.29, 0.717) is 26.2 Å². The van der Waals surface area contributed by atoms with Crippen LogP contribution in [0.2, 0.25) is 0 Å². The van der Waals surface area contributed by atoms with E-state index in [-0.39, 0.29) is 27.2 Å². The lowest BCUT2D eigenvalue weighted by Crippen LogP contribution is -2.66. The minimum absolute atomic E-state index is 0.117. The van der Waals surface area contributed by atoms with E-state index < -0.39 is 17.4 Å². The lowest BCUT2D eigenvalue weighted by molar-refractivity contribution is -0.233. The van der Waals surface area contributed by atoms with Gasteiger partial charge < -0.3 is 19.3 Å². The van der Waals surface area contributed by atoms with Gasteiger partial charge in [-0.2, -0.15) is 0 Å². The molecule has 0 bridgehead atoms. The van der Waals surface area contributed by atoms with E-state index in [1.165, 1.54) is 5.57 Å². The van der Waals surface area contributed by atoms with Gasteiger partial charge in [0.15, 0.2) is 5.79 Å². The van der Waals surface area contributed by atoms with E-state index in [1.54, 1.807) is 6.92 Å². The highest BCUT2D eigenvalue weighted by Gasteiger charge is 2.70. The van der Waals surface area contributed by atoms with Gasteiger partial charge in [-0.15, -0.1) is 0 Å². The second-order valence-corrected chi connectivity index (χ2v) is 11.7. The molecular formula is C26H37ClO5. The summed E-state index contributed by atoms with van der Waals surface area (Å²) in [5.41, 5.74) is 0.911. The largest absolute Gasteiger partial charge is 0.462 e. The number of carbonyl (C=O) groups is 1. The number of fused-ring (bicyclic) bond motifs is 5. The molecule has 4 fully saturated rings. The first kappa shape index (κ1) is 22.9. The molecule has 178 valence electrons. The normalized spacial score (nSPS) is 46.2. The van der Waals surface area contributed by atoms with Crippen molar-refractivity contribution in [3.05, 3.63) is 22.3 Å². The van der Waals surface area contributed by atoms with Gasteiger partial charge in [-0.05, 0) is 67.8 Å². The fourth-order valence-electron chi connectivity index (χ4n) is 8.17. The second kappa shape index (κ2) is 7.31. The SMILES string of the molecule is CCOC(=O)C(Cl)=C1CCC2(C)[C@@H]3CC=C4CC5(CC[C@]4(C)[C@@]3(O)CC[C@]12C)OCCO5. The Hall–Kier alpha value is -0.880. The first-order valence-electron chi connectivity index (χ1n) is 12.3. The van der Waals surface area contributed by atoms with E-state index in [4.69, 9.17) is 25.8 Å². The Morgan fingerprint density at radius 3 is 2.50 bits per heavy atom. The molecule has 5 nitrogen and oxygen atoms in total. The van der Waals surface area contributed by atoms with Crippen molar-refractivity contribution in [1.82, 2.24) is 0 Å². The Bertz CT molecular complexity index is 889. The summed E-state index contributed by atoms with van der Waals surface area (Å²) in [5.74, 6) is -0.786. The molecule has 1 unspecified atom stereocenters. The fourth-order valence-corrected chi connectivity index (χ4v) is 8.53. The van der Waals surface area contributed by atoms with Gasteiger partial charge in [0, 0.05) is 18.3 Å². The van der Waals surface area contributed by atoms with E-state index in [0.717, 1.165) is 50.5 Å². The average molecular weight is 465 g/mol. The lowest BCUT2D eigenvalue weighted by atomic mass is 9.41. The second-order valence-electron chi connectivity index (χ2n) is 11.3. The molecule has 4 aliphatic carbocycles. The summed E-state index contributed by atoms with van der Waals surface area (Å²) in [5, 5.41) is 12.7. The number of hydrogen-bond acceptors (Lipinski definition) is 5. The first-order valence-corrected chi connectivity index (χ1v) is 12.7. The summed E-state index contributed by atoms with van der Waals surface area (Å²) in [7, 11) is 0. The first-order chi connectivity index (χ1) is 15.1. The zero-order valence-electron chi connectivity index (χ0n) is 19.9. The highest BCUT2D eigenvalue weighted by Crippen LogP contribution is 2.73. The molecule has 1 heterocycles. The van der Waals surface area contributed by atoms with Gasteiger partial charge in [0.1, 0.15) is 5.03 Å². The van der Waals surface area contributed by atoms with Crippen LogP contribution in [0.5, 0.6) is 0 Å². The minimum Gasteiger partial charge on any atom is -0.462 e. The summed E-state index contributed by atoms with van der Waals surface area (Å²) < 4.78 is 17.3. The molecule has 1 aliphatic heterocycles. The van der Waals surface area contributed by atoms with Crippen LogP contribution in [-0.2, 0) is 19.0 Å². The summed E-state index contributed by atoms with van der Waals surface area (Å²) in [6, 6.07) is 0. The molecule has 1 saturated heterocycles. The maximum atomic E-state index is 12.5. The predicted octanol–water partition coefficient (Wildman–Crippen LogP) is 5.25. The van der Waals surface area contributed by atoms with Crippen LogP contribution >= 0.6 is 11.6 Å². The number of ether oxygens (including phenoxy) is 3. The Labute approximate surface area is 196 Å². The number of esters is 1. The topological polar surface area (TPSA) is 65.0 Å². The van der Waals surface area contributed by atoms with Crippen molar-refractivity contribution < 1.29 is 24.1 Å². The van der Waals surface area contributed by atoms with Gasteiger partial charge in [0.2, 0.25) is 0 Å². The molecule has 5 atom stereocenters. The molecule has 0 aromatic heterocycles. The van der Waals surface area contributed by atoms with Crippen LogP contribution in [0, 0.1) is 22.2 Å². The van der Waals surface area contributed by atoms with Gasteiger partial charge in [-0.25, -0.2) is 4.79 Å². The Morgan fingerprint density at radius 2 is 1.81 bits per heavy atom. The summed E-state index contributed by atoms with van der Waals surface area (Å²) in [4.78, 5) is 12.5. The molecule has 1 spiro atoms. The number of aliphatic hydroxyl groups is 1. The number of carbonyl (C=O) groups excluding carboxylic acids is 1. The highest BCUT2D eigenvalue weighted by atomic mass is 35.5. The fraction of sp³-hybridized carbons (Fsp3) is 0.808. The summed E-state index contributed by atoms with van der Waals surface area (Å²) in [6.07, 6.45) is 8.91. The molecule has 5 aliphatic rings. The smallest absolute Gasteiger partial charge is 0.349 e. The van der Waals surface area contributed by atoms with Gasteiger partial charge in [-0.3, -0.25) is 0 Å². The molecule has 3 saturated carbocycles. The van der Waals surface area contributed by atoms with E-state index in [2.05, 4.69) is 26.8 Å². The molecule has 5 rings (SSSR count). The van der Waals surface area contributed by atoms with Crippen LogP contribution in [0.25, 0.3) is 0 Å². The van der Waals surface area contributed by atoms with Gasteiger partial charge in [0.05, 0.1) is 25.4 Å². The van der Waals surface area contributed by atoms with E-state index in [1.807, 2.05) is 0 Å². The molecule has 0 aromatic carbocycles. The van der Waals surface area contributed by atoms with Crippen molar-refractivity contribution in [3.63, 3.8) is 0 Å². The third-order valence-electron chi connectivity index (χ3n) is 10.4.